The maximum atomic E-state index is 15.8. The number of primary amides is 1. The summed E-state index contributed by atoms with van der Waals surface area (Å²) in [4.78, 5) is 105. The van der Waals surface area contributed by atoms with Crippen molar-refractivity contribution < 1.29 is 62.9 Å². The Morgan fingerprint density at radius 2 is 1.52 bits per heavy atom. The van der Waals surface area contributed by atoms with Gasteiger partial charge in [0.05, 0.1) is 29.7 Å². The molecule has 19 nitrogen and oxygen atoms in total. The van der Waals surface area contributed by atoms with Gasteiger partial charge in [-0.05, 0) is 68.2 Å². The number of aliphatic hydroxyl groups is 1. The van der Waals surface area contributed by atoms with Crippen LogP contribution in [-0.2, 0) is 51.6 Å². The van der Waals surface area contributed by atoms with E-state index in [0.29, 0.717) is 56.2 Å². The molecule has 0 aliphatic carbocycles. The summed E-state index contributed by atoms with van der Waals surface area (Å²) in [5.74, 6) is -7.68. The SMILES string of the molecule is CC(C)C(NC(=O)CCCCCn1c(O)cc(C2=CC(=O)N(OC(=O)CCCCCN3C(=O)C=CC3=O)C2=O)c1O)C(F)=CC(CCCNC(N)=O)C(=O)Nc1ccc(CO)cc1. The molecule has 1 aromatic heterocycles. The van der Waals surface area contributed by atoms with E-state index in [1.54, 1.807) is 38.1 Å². The second-order valence-corrected chi connectivity index (χ2v) is 15.4. The number of aliphatic hydroxyl groups excluding tert-OH is 1. The molecule has 2 aromatic rings. The van der Waals surface area contributed by atoms with Crippen molar-refractivity contribution in [1.29, 1.82) is 0 Å². The third kappa shape index (κ3) is 14.1. The Hall–Kier alpha value is -6.83. The van der Waals surface area contributed by atoms with Gasteiger partial charge in [0.15, 0.2) is 5.88 Å². The number of amides is 8. The van der Waals surface area contributed by atoms with Crippen LogP contribution >= 0.6 is 0 Å². The van der Waals surface area contributed by atoms with Gasteiger partial charge in [-0.25, -0.2) is 14.0 Å². The van der Waals surface area contributed by atoms with Crippen molar-refractivity contribution in [3.8, 4) is 11.8 Å². The fraction of sp³-hybridized carbons (Fsp3) is 0.442. The fourth-order valence-corrected chi connectivity index (χ4v) is 6.77. The second-order valence-electron chi connectivity index (χ2n) is 15.4. The van der Waals surface area contributed by atoms with E-state index in [1.165, 1.54) is 12.2 Å². The molecule has 1 aromatic carbocycles. The summed E-state index contributed by atoms with van der Waals surface area (Å²) in [6.45, 7) is 3.64. The summed E-state index contributed by atoms with van der Waals surface area (Å²) in [6.07, 6.45) is 6.99. The Morgan fingerprint density at radius 3 is 2.16 bits per heavy atom. The molecule has 0 radical (unpaired) electrons. The molecule has 3 heterocycles. The Balaban J connectivity index is 1.24. The minimum absolute atomic E-state index is 0.00825. The zero-order chi connectivity index (χ0) is 46.2. The average Bonchev–Trinajstić information content (AvgIpc) is 3.82. The summed E-state index contributed by atoms with van der Waals surface area (Å²) >= 11 is 0. The summed E-state index contributed by atoms with van der Waals surface area (Å²) < 4.78 is 17.0. The maximum Gasteiger partial charge on any atom is 0.333 e. The summed E-state index contributed by atoms with van der Waals surface area (Å²) in [5, 5.41) is 38.9. The van der Waals surface area contributed by atoms with Gasteiger partial charge in [0.25, 0.3) is 23.6 Å². The quantitative estimate of drug-likeness (QED) is 0.0559. The van der Waals surface area contributed by atoms with Crippen LogP contribution in [0.2, 0.25) is 0 Å². The van der Waals surface area contributed by atoms with Gasteiger partial charge in [-0.2, -0.15) is 0 Å². The lowest BCUT2D eigenvalue weighted by Crippen LogP contribution is -2.39. The first-order chi connectivity index (χ1) is 30.0. The number of hydrogen-bond acceptors (Lipinski definition) is 12. The van der Waals surface area contributed by atoms with Crippen LogP contribution in [0.5, 0.6) is 11.8 Å². The molecule has 2 unspecified atom stereocenters. The maximum absolute atomic E-state index is 15.8. The van der Waals surface area contributed by atoms with E-state index in [-0.39, 0.29) is 61.7 Å². The number of hydrogen-bond donors (Lipinski definition) is 7. The van der Waals surface area contributed by atoms with Gasteiger partial charge in [0.1, 0.15) is 5.83 Å². The highest BCUT2D eigenvalue weighted by atomic mass is 19.1. The number of aromatic hydroxyl groups is 2. The third-order valence-corrected chi connectivity index (χ3v) is 10.2. The topological polar surface area (TPSA) is 280 Å². The van der Waals surface area contributed by atoms with Crippen molar-refractivity contribution in [1.82, 2.24) is 25.2 Å². The van der Waals surface area contributed by atoms with E-state index in [2.05, 4.69) is 16.0 Å². The molecule has 0 bridgehead atoms. The number of nitrogens with two attached hydrogens (primary N) is 1. The molecule has 2 aliphatic heterocycles. The Morgan fingerprint density at radius 1 is 0.873 bits per heavy atom. The number of rotatable bonds is 25. The number of imide groups is 2. The van der Waals surface area contributed by atoms with Gasteiger partial charge in [-0.1, -0.05) is 43.9 Å². The number of carbonyl (C=O) groups excluding carboxylic acids is 8. The van der Waals surface area contributed by atoms with Crippen LogP contribution in [0.3, 0.4) is 0 Å². The molecule has 8 N–H and O–H groups in total. The summed E-state index contributed by atoms with van der Waals surface area (Å²) in [5.41, 5.74) is 5.72. The summed E-state index contributed by atoms with van der Waals surface area (Å²) in [7, 11) is 0. The molecule has 340 valence electrons. The number of carbonyl (C=O) groups is 8. The highest BCUT2D eigenvalue weighted by Gasteiger charge is 2.38. The molecule has 2 aliphatic rings. The molecule has 0 saturated carbocycles. The molecular formula is C43H54FN7O12. The number of nitrogens with one attached hydrogen (secondary N) is 3. The normalized spacial score (nSPS) is 14.9. The summed E-state index contributed by atoms with van der Waals surface area (Å²) in [6, 6.07) is 5.76. The largest absolute Gasteiger partial charge is 0.494 e. The Bertz CT molecular complexity index is 2110. The number of halogens is 1. The zero-order valence-corrected chi connectivity index (χ0v) is 35.1. The number of benzene rings is 1. The molecule has 0 saturated heterocycles. The van der Waals surface area contributed by atoms with E-state index in [1.807, 2.05) is 0 Å². The van der Waals surface area contributed by atoms with Gasteiger partial charge in [0, 0.05) is 62.5 Å². The lowest BCUT2D eigenvalue weighted by Gasteiger charge is -2.22. The first-order valence-electron chi connectivity index (χ1n) is 20.7. The van der Waals surface area contributed by atoms with Crippen LogP contribution in [0.15, 0.2) is 60.5 Å². The standard InChI is InChI=1S/C43H54FN7O12/c1-26(2)39(32(44)22-28(10-9-19-46-43(45)62)40(59)47-29-15-13-27(25-52)14-16-29)48-33(53)11-5-3-8-21-50-36(56)23-30(41(50)60)31-24-37(57)51(42(31)61)63-38(58)12-6-4-7-20-49-34(54)17-18-35(49)55/h13-18,22-24,26,28,39,52,56,60H,3-12,19-21,25H2,1-2H3,(H,47,59)(H,48,53)(H3,45,46,62). The third-order valence-electron chi connectivity index (χ3n) is 10.2. The van der Waals surface area contributed by atoms with E-state index in [0.717, 1.165) is 27.7 Å². The number of aromatic nitrogens is 1. The first kappa shape index (κ1) is 48.8. The smallest absolute Gasteiger partial charge is 0.333 e. The van der Waals surface area contributed by atoms with E-state index in [9.17, 15) is 53.7 Å². The fourth-order valence-electron chi connectivity index (χ4n) is 6.77. The zero-order valence-electron chi connectivity index (χ0n) is 35.1. The van der Waals surface area contributed by atoms with Crippen LogP contribution < -0.4 is 21.7 Å². The lowest BCUT2D eigenvalue weighted by molar-refractivity contribution is -0.195. The van der Waals surface area contributed by atoms with Gasteiger partial charge >= 0.3 is 12.0 Å². The van der Waals surface area contributed by atoms with E-state index < -0.39 is 82.9 Å². The van der Waals surface area contributed by atoms with Crippen LogP contribution in [0.25, 0.3) is 5.57 Å². The van der Waals surface area contributed by atoms with Crippen LogP contribution in [0, 0.1) is 11.8 Å². The van der Waals surface area contributed by atoms with Crippen LogP contribution in [0.1, 0.15) is 89.2 Å². The van der Waals surface area contributed by atoms with Crippen molar-refractivity contribution in [3.63, 3.8) is 0 Å². The lowest BCUT2D eigenvalue weighted by atomic mass is 9.96. The first-order valence-corrected chi connectivity index (χ1v) is 20.7. The second kappa shape index (κ2) is 23.4. The monoisotopic (exact) mass is 879 g/mol. The number of unbranched alkanes of at least 4 members (excludes halogenated alkanes) is 4. The highest BCUT2D eigenvalue weighted by Crippen LogP contribution is 2.36. The van der Waals surface area contributed by atoms with Gasteiger partial charge in [0.2, 0.25) is 17.7 Å². The Labute approximate surface area is 362 Å². The number of urea groups is 1. The van der Waals surface area contributed by atoms with Gasteiger partial charge < -0.3 is 41.8 Å². The molecule has 0 spiro atoms. The molecule has 2 atom stereocenters. The van der Waals surface area contributed by atoms with E-state index in [4.69, 9.17) is 10.6 Å². The molecule has 63 heavy (non-hydrogen) atoms. The molecule has 4 rings (SSSR count). The molecule has 8 amide bonds. The van der Waals surface area contributed by atoms with Crippen molar-refractivity contribution in [2.75, 3.05) is 18.4 Å². The highest BCUT2D eigenvalue weighted by molar-refractivity contribution is 6.33. The minimum atomic E-state index is -1.05. The van der Waals surface area contributed by atoms with Crippen molar-refractivity contribution in [2.45, 2.75) is 97.2 Å². The average molecular weight is 880 g/mol. The number of hydroxylamine groups is 2. The van der Waals surface area contributed by atoms with Gasteiger partial charge in [-0.15, -0.1) is 0 Å². The molecule has 20 heteroatoms. The van der Waals surface area contributed by atoms with Gasteiger partial charge in [-0.3, -0.25) is 38.2 Å². The van der Waals surface area contributed by atoms with Crippen molar-refractivity contribution >= 4 is 58.7 Å². The number of nitrogens with zero attached hydrogens (tertiary/aromatic N) is 3. The van der Waals surface area contributed by atoms with Crippen LogP contribution in [0.4, 0.5) is 14.9 Å². The van der Waals surface area contributed by atoms with Crippen molar-refractivity contribution in [2.24, 2.45) is 17.6 Å². The number of anilines is 1. The molecule has 0 fully saturated rings. The van der Waals surface area contributed by atoms with E-state index >= 15 is 4.39 Å². The predicted molar refractivity (Wildman–Crippen MR) is 224 cm³/mol. The van der Waals surface area contributed by atoms with Crippen LogP contribution in [-0.4, -0.2) is 96.4 Å². The van der Waals surface area contributed by atoms with Crippen molar-refractivity contribution in [3.05, 3.63) is 71.6 Å². The Kier molecular flexibility index (Phi) is 18.1. The molecular weight excluding hydrogens is 826 g/mol. The predicted octanol–water partition coefficient (Wildman–Crippen LogP) is 3.35. The minimum Gasteiger partial charge on any atom is -0.494 e.